The van der Waals surface area contributed by atoms with E-state index in [1.54, 1.807) is 0 Å². The van der Waals surface area contributed by atoms with E-state index in [1.165, 1.54) is 0 Å². The zero-order valence-corrected chi connectivity index (χ0v) is 7.87. The van der Waals surface area contributed by atoms with Crippen LogP contribution in [-0.4, -0.2) is 11.1 Å². The molecular weight excluding hydrogens is 152 g/mol. The number of hydrogen-bond donors (Lipinski definition) is 1. The topological polar surface area (TPSA) is 37.3 Å². The van der Waals surface area contributed by atoms with E-state index < -0.39 is 5.97 Å². The summed E-state index contributed by atoms with van der Waals surface area (Å²) in [6, 6.07) is 0. The third kappa shape index (κ3) is 1.52. The van der Waals surface area contributed by atoms with Gasteiger partial charge in [0.15, 0.2) is 0 Å². The van der Waals surface area contributed by atoms with Gasteiger partial charge in [-0.1, -0.05) is 32.9 Å². The predicted molar refractivity (Wildman–Crippen MR) is 47.8 cm³/mol. The number of carbonyl (C=O) groups is 1. The van der Waals surface area contributed by atoms with E-state index in [9.17, 15) is 4.79 Å². The molecule has 1 aliphatic carbocycles. The van der Waals surface area contributed by atoms with Crippen LogP contribution in [0.15, 0.2) is 12.2 Å². The van der Waals surface area contributed by atoms with Gasteiger partial charge in [0.25, 0.3) is 0 Å². The van der Waals surface area contributed by atoms with E-state index in [-0.39, 0.29) is 17.3 Å². The minimum atomic E-state index is -0.670. The normalized spacial score (nSPS) is 33.2. The third-order valence-electron chi connectivity index (χ3n) is 2.69. The van der Waals surface area contributed by atoms with Crippen molar-refractivity contribution >= 4 is 5.97 Å². The highest BCUT2D eigenvalue weighted by molar-refractivity contribution is 5.72. The second-order valence-electron chi connectivity index (χ2n) is 4.25. The van der Waals surface area contributed by atoms with Gasteiger partial charge < -0.3 is 5.11 Å². The van der Waals surface area contributed by atoms with Crippen molar-refractivity contribution in [2.75, 3.05) is 0 Å². The van der Waals surface area contributed by atoms with Crippen molar-refractivity contribution in [2.45, 2.75) is 27.2 Å². The number of rotatable bonds is 1. The lowest BCUT2D eigenvalue weighted by Gasteiger charge is -2.35. The minimum Gasteiger partial charge on any atom is -0.481 e. The highest BCUT2D eigenvalue weighted by atomic mass is 16.4. The number of aliphatic carboxylic acids is 1. The number of carboxylic acid groups (broad SMARTS) is 1. The van der Waals surface area contributed by atoms with Crippen LogP contribution in [0.5, 0.6) is 0 Å². The Bertz CT molecular complexity index is 216. The smallest absolute Gasteiger partial charge is 0.307 e. The van der Waals surface area contributed by atoms with E-state index in [0.717, 1.165) is 6.42 Å². The third-order valence-corrected chi connectivity index (χ3v) is 2.69. The molecule has 1 N–H and O–H groups in total. The lowest BCUT2D eigenvalue weighted by atomic mass is 9.68. The molecule has 0 heterocycles. The maximum atomic E-state index is 10.9. The molecule has 2 heteroatoms. The molecule has 1 aliphatic rings. The monoisotopic (exact) mass is 168 g/mol. The highest BCUT2D eigenvalue weighted by Crippen LogP contribution is 2.39. The van der Waals surface area contributed by atoms with E-state index in [0.29, 0.717) is 0 Å². The molecule has 0 fully saturated rings. The van der Waals surface area contributed by atoms with Crippen LogP contribution in [0.1, 0.15) is 27.2 Å². The summed E-state index contributed by atoms with van der Waals surface area (Å²) >= 11 is 0. The van der Waals surface area contributed by atoms with Crippen molar-refractivity contribution in [1.29, 1.82) is 0 Å². The molecule has 0 spiro atoms. The van der Waals surface area contributed by atoms with Crippen LogP contribution in [0, 0.1) is 17.3 Å². The van der Waals surface area contributed by atoms with Gasteiger partial charge in [0.2, 0.25) is 0 Å². The first-order valence-corrected chi connectivity index (χ1v) is 4.35. The van der Waals surface area contributed by atoms with Gasteiger partial charge in [-0.15, -0.1) is 0 Å². The molecule has 2 unspecified atom stereocenters. The second-order valence-corrected chi connectivity index (χ2v) is 4.25. The fourth-order valence-electron chi connectivity index (χ4n) is 2.12. The molecule has 2 nitrogen and oxygen atoms in total. The van der Waals surface area contributed by atoms with Gasteiger partial charge in [0, 0.05) is 0 Å². The largest absolute Gasteiger partial charge is 0.481 e. The molecule has 1 rings (SSSR count). The summed E-state index contributed by atoms with van der Waals surface area (Å²) in [4.78, 5) is 10.9. The number of carboxylic acids is 1. The highest BCUT2D eigenvalue weighted by Gasteiger charge is 2.38. The first-order chi connectivity index (χ1) is 5.45. The quantitative estimate of drug-likeness (QED) is 0.610. The molecule has 0 aromatic heterocycles. The van der Waals surface area contributed by atoms with Gasteiger partial charge in [0.05, 0.1) is 5.92 Å². The molecule has 12 heavy (non-hydrogen) atoms. The van der Waals surface area contributed by atoms with Crippen LogP contribution in [0.3, 0.4) is 0 Å². The molecular formula is C10H16O2. The summed E-state index contributed by atoms with van der Waals surface area (Å²) in [6.07, 6.45) is 5.00. The van der Waals surface area contributed by atoms with Crippen LogP contribution < -0.4 is 0 Å². The Morgan fingerprint density at radius 1 is 1.58 bits per heavy atom. The van der Waals surface area contributed by atoms with Crippen LogP contribution in [0.4, 0.5) is 0 Å². The SMILES string of the molecule is CC1CC=CC(C)(C)C1C(=O)O. The Morgan fingerprint density at radius 2 is 2.17 bits per heavy atom. The van der Waals surface area contributed by atoms with Crippen molar-refractivity contribution in [2.24, 2.45) is 17.3 Å². The van der Waals surface area contributed by atoms with Crippen LogP contribution in [0.2, 0.25) is 0 Å². The zero-order chi connectivity index (χ0) is 9.35. The Hall–Kier alpha value is -0.790. The average Bonchev–Trinajstić information content (AvgIpc) is 1.82. The van der Waals surface area contributed by atoms with Crippen LogP contribution in [0.25, 0.3) is 0 Å². The molecule has 0 bridgehead atoms. The molecule has 0 saturated heterocycles. The van der Waals surface area contributed by atoms with Crippen molar-refractivity contribution in [3.63, 3.8) is 0 Å². The average molecular weight is 168 g/mol. The molecule has 0 aromatic rings. The summed E-state index contributed by atoms with van der Waals surface area (Å²) in [5.41, 5.74) is -0.191. The molecule has 0 aromatic carbocycles. The van der Waals surface area contributed by atoms with Crippen molar-refractivity contribution in [3.8, 4) is 0 Å². The van der Waals surface area contributed by atoms with E-state index in [4.69, 9.17) is 5.11 Å². The summed E-state index contributed by atoms with van der Waals surface area (Å²) < 4.78 is 0. The van der Waals surface area contributed by atoms with Gasteiger partial charge in [-0.05, 0) is 17.8 Å². The number of allylic oxidation sites excluding steroid dienone is 2. The molecule has 0 saturated carbocycles. The van der Waals surface area contributed by atoms with Crippen LogP contribution in [-0.2, 0) is 4.79 Å². The second kappa shape index (κ2) is 2.92. The Labute approximate surface area is 73.3 Å². The molecule has 0 radical (unpaired) electrons. The lowest BCUT2D eigenvalue weighted by molar-refractivity contribution is -0.147. The minimum absolute atomic E-state index is 0.191. The molecule has 2 atom stereocenters. The molecule has 0 aliphatic heterocycles. The van der Waals surface area contributed by atoms with Crippen molar-refractivity contribution in [3.05, 3.63) is 12.2 Å². The van der Waals surface area contributed by atoms with Gasteiger partial charge in [0.1, 0.15) is 0 Å². The summed E-state index contributed by atoms with van der Waals surface area (Å²) in [7, 11) is 0. The first kappa shape index (κ1) is 9.30. The maximum absolute atomic E-state index is 10.9. The van der Waals surface area contributed by atoms with Gasteiger partial charge in [-0.2, -0.15) is 0 Å². The Morgan fingerprint density at radius 3 is 2.50 bits per heavy atom. The van der Waals surface area contributed by atoms with Crippen LogP contribution >= 0.6 is 0 Å². The van der Waals surface area contributed by atoms with Crippen molar-refractivity contribution in [1.82, 2.24) is 0 Å². The van der Waals surface area contributed by atoms with Gasteiger partial charge >= 0.3 is 5.97 Å². The lowest BCUT2D eigenvalue weighted by Crippen LogP contribution is -2.36. The fourth-order valence-corrected chi connectivity index (χ4v) is 2.12. The van der Waals surface area contributed by atoms with E-state index in [2.05, 4.69) is 6.08 Å². The first-order valence-electron chi connectivity index (χ1n) is 4.35. The van der Waals surface area contributed by atoms with Gasteiger partial charge in [-0.3, -0.25) is 4.79 Å². The molecule has 68 valence electrons. The van der Waals surface area contributed by atoms with E-state index in [1.807, 2.05) is 26.8 Å². The summed E-state index contributed by atoms with van der Waals surface area (Å²) in [6.45, 7) is 5.97. The van der Waals surface area contributed by atoms with Gasteiger partial charge in [-0.25, -0.2) is 0 Å². The number of hydrogen-bond acceptors (Lipinski definition) is 1. The standard InChI is InChI=1S/C10H16O2/c1-7-5-4-6-10(2,3)8(7)9(11)12/h4,6-8H,5H2,1-3H3,(H,11,12). The zero-order valence-electron chi connectivity index (χ0n) is 7.87. The summed E-state index contributed by atoms with van der Waals surface area (Å²) in [5, 5.41) is 9.01. The van der Waals surface area contributed by atoms with E-state index >= 15 is 0 Å². The predicted octanol–water partition coefficient (Wildman–Crippen LogP) is 2.31. The fraction of sp³-hybridized carbons (Fsp3) is 0.700. The Balaban J connectivity index is 2.93. The van der Waals surface area contributed by atoms with Crippen molar-refractivity contribution < 1.29 is 9.90 Å². The summed E-state index contributed by atoms with van der Waals surface area (Å²) in [5.74, 6) is -0.651. The molecule has 0 amide bonds. The maximum Gasteiger partial charge on any atom is 0.307 e. The Kier molecular flexibility index (Phi) is 2.27.